The second-order valence-corrected chi connectivity index (χ2v) is 5.78. The fourth-order valence-electron chi connectivity index (χ4n) is 1.71. The summed E-state index contributed by atoms with van der Waals surface area (Å²) in [4.78, 5) is 1.31. The number of nitrogens with two attached hydrogens (primary N) is 1. The van der Waals surface area contributed by atoms with E-state index in [1.165, 1.54) is 10.5 Å². The SMILES string of the molecule is CC(C)c1ccc(SCCn2cc(N)cn2)cc1. The molecule has 96 valence electrons. The van der Waals surface area contributed by atoms with E-state index in [-0.39, 0.29) is 0 Å². The fraction of sp³-hybridized carbons (Fsp3) is 0.357. The van der Waals surface area contributed by atoms with Gasteiger partial charge >= 0.3 is 0 Å². The maximum atomic E-state index is 5.62. The molecule has 0 aliphatic carbocycles. The monoisotopic (exact) mass is 261 g/mol. The zero-order valence-corrected chi connectivity index (χ0v) is 11.7. The Morgan fingerprint density at radius 1 is 1.28 bits per heavy atom. The molecule has 0 saturated carbocycles. The number of benzene rings is 1. The van der Waals surface area contributed by atoms with Crippen LogP contribution in [-0.4, -0.2) is 15.5 Å². The molecular weight excluding hydrogens is 242 g/mol. The van der Waals surface area contributed by atoms with Crippen LogP contribution >= 0.6 is 11.8 Å². The van der Waals surface area contributed by atoms with E-state index in [2.05, 4.69) is 43.2 Å². The Balaban J connectivity index is 1.83. The van der Waals surface area contributed by atoms with Crippen molar-refractivity contribution in [3.05, 3.63) is 42.2 Å². The number of aryl methyl sites for hydroxylation is 1. The zero-order chi connectivity index (χ0) is 13.0. The van der Waals surface area contributed by atoms with Gasteiger partial charge in [0.25, 0.3) is 0 Å². The number of thioether (sulfide) groups is 1. The molecule has 1 heterocycles. The quantitative estimate of drug-likeness (QED) is 0.839. The van der Waals surface area contributed by atoms with Crippen molar-refractivity contribution in [2.45, 2.75) is 31.2 Å². The summed E-state index contributed by atoms with van der Waals surface area (Å²) in [5, 5.41) is 4.16. The Kier molecular flexibility index (Phi) is 4.31. The average Bonchev–Trinajstić information content (AvgIpc) is 2.76. The largest absolute Gasteiger partial charge is 0.396 e. The van der Waals surface area contributed by atoms with Crippen molar-refractivity contribution in [2.75, 3.05) is 11.5 Å². The molecule has 1 aromatic heterocycles. The van der Waals surface area contributed by atoms with Crippen molar-refractivity contribution < 1.29 is 0 Å². The van der Waals surface area contributed by atoms with Crippen molar-refractivity contribution in [3.8, 4) is 0 Å². The molecule has 0 bridgehead atoms. The second kappa shape index (κ2) is 5.96. The number of hydrogen-bond donors (Lipinski definition) is 1. The van der Waals surface area contributed by atoms with E-state index < -0.39 is 0 Å². The predicted octanol–water partition coefficient (Wildman–Crippen LogP) is 3.38. The molecule has 0 saturated heterocycles. The fourth-order valence-corrected chi connectivity index (χ4v) is 2.55. The van der Waals surface area contributed by atoms with Gasteiger partial charge in [-0.2, -0.15) is 5.10 Å². The topological polar surface area (TPSA) is 43.8 Å². The Labute approximate surface area is 112 Å². The number of hydrogen-bond acceptors (Lipinski definition) is 3. The third-order valence-corrected chi connectivity index (χ3v) is 3.78. The third-order valence-electron chi connectivity index (χ3n) is 2.79. The van der Waals surface area contributed by atoms with Gasteiger partial charge in [-0.25, -0.2) is 0 Å². The molecule has 18 heavy (non-hydrogen) atoms. The Bertz CT molecular complexity index is 488. The smallest absolute Gasteiger partial charge is 0.0719 e. The predicted molar refractivity (Wildman–Crippen MR) is 77.9 cm³/mol. The molecule has 0 fully saturated rings. The molecule has 3 nitrogen and oxygen atoms in total. The lowest BCUT2D eigenvalue weighted by Crippen LogP contribution is -2.00. The maximum absolute atomic E-state index is 5.62. The highest BCUT2D eigenvalue weighted by molar-refractivity contribution is 7.99. The molecule has 0 unspecified atom stereocenters. The van der Waals surface area contributed by atoms with E-state index in [0.717, 1.165) is 18.0 Å². The highest BCUT2D eigenvalue weighted by atomic mass is 32.2. The molecule has 2 rings (SSSR count). The van der Waals surface area contributed by atoms with E-state index in [1.807, 2.05) is 22.6 Å². The summed E-state index contributed by atoms with van der Waals surface area (Å²) >= 11 is 1.84. The summed E-state index contributed by atoms with van der Waals surface area (Å²) in [6.45, 7) is 5.31. The van der Waals surface area contributed by atoms with Gasteiger partial charge in [0.2, 0.25) is 0 Å². The van der Waals surface area contributed by atoms with Crippen LogP contribution in [0.5, 0.6) is 0 Å². The average molecular weight is 261 g/mol. The minimum absolute atomic E-state index is 0.594. The summed E-state index contributed by atoms with van der Waals surface area (Å²) in [7, 11) is 0. The number of nitrogens with zero attached hydrogens (tertiary/aromatic N) is 2. The summed E-state index contributed by atoms with van der Waals surface area (Å²) in [6.07, 6.45) is 3.55. The van der Waals surface area contributed by atoms with Crippen LogP contribution in [0.4, 0.5) is 5.69 Å². The lowest BCUT2D eigenvalue weighted by molar-refractivity contribution is 0.666. The molecule has 4 heteroatoms. The first-order valence-corrected chi connectivity index (χ1v) is 7.14. The molecule has 2 N–H and O–H groups in total. The van der Waals surface area contributed by atoms with Crippen LogP contribution < -0.4 is 5.73 Å². The number of aromatic nitrogens is 2. The summed E-state index contributed by atoms with van der Waals surface area (Å²) < 4.78 is 1.88. The van der Waals surface area contributed by atoms with Crippen molar-refractivity contribution >= 4 is 17.4 Å². The minimum Gasteiger partial charge on any atom is -0.396 e. The first kappa shape index (κ1) is 13.0. The van der Waals surface area contributed by atoms with Crippen molar-refractivity contribution in [1.82, 2.24) is 9.78 Å². The van der Waals surface area contributed by atoms with Gasteiger partial charge < -0.3 is 5.73 Å². The van der Waals surface area contributed by atoms with Crippen LogP contribution in [0.25, 0.3) is 0 Å². The van der Waals surface area contributed by atoms with Crippen molar-refractivity contribution in [2.24, 2.45) is 0 Å². The van der Waals surface area contributed by atoms with Gasteiger partial charge in [0, 0.05) is 16.8 Å². The maximum Gasteiger partial charge on any atom is 0.0719 e. The second-order valence-electron chi connectivity index (χ2n) is 4.61. The summed E-state index contributed by atoms with van der Waals surface area (Å²) in [5.41, 5.74) is 7.73. The molecule has 0 aliphatic rings. The minimum atomic E-state index is 0.594. The first-order valence-electron chi connectivity index (χ1n) is 6.16. The third kappa shape index (κ3) is 3.53. The van der Waals surface area contributed by atoms with E-state index in [0.29, 0.717) is 5.92 Å². The van der Waals surface area contributed by atoms with Crippen LogP contribution in [-0.2, 0) is 6.54 Å². The van der Waals surface area contributed by atoms with E-state index in [9.17, 15) is 0 Å². The van der Waals surface area contributed by atoms with Crippen LogP contribution in [0.1, 0.15) is 25.3 Å². The van der Waals surface area contributed by atoms with Crippen LogP contribution in [0.2, 0.25) is 0 Å². The van der Waals surface area contributed by atoms with E-state index in [4.69, 9.17) is 5.73 Å². The van der Waals surface area contributed by atoms with Gasteiger partial charge in [0.05, 0.1) is 18.4 Å². The van der Waals surface area contributed by atoms with Gasteiger partial charge in [-0.3, -0.25) is 4.68 Å². The number of nitrogen functional groups attached to an aromatic ring is 1. The molecule has 0 atom stereocenters. The number of anilines is 1. The highest BCUT2D eigenvalue weighted by Crippen LogP contribution is 2.21. The molecule has 1 aromatic carbocycles. The zero-order valence-electron chi connectivity index (χ0n) is 10.8. The number of rotatable bonds is 5. The molecule has 0 amide bonds. The summed E-state index contributed by atoms with van der Waals surface area (Å²) in [5.74, 6) is 1.60. The van der Waals surface area contributed by atoms with Gasteiger partial charge in [-0.05, 0) is 23.6 Å². The Hall–Kier alpha value is -1.42. The van der Waals surface area contributed by atoms with Crippen LogP contribution in [0.3, 0.4) is 0 Å². The van der Waals surface area contributed by atoms with Crippen molar-refractivity contribution in [3.63, 3.8) is 0 Å². The molecule has 0 radical (unpaired) electrons. The van der Waals surface area contributed by atoms with Gasteiger partial charge in [-0.15, -0.1) is 11.8 Å². The standard InChI is InChI=1S/C14H19N3S/c1-11(2)12-3-5-14(6-4-12)18-8-7-17-10-13(15)9-16-17/h3-6,9-11H,7-8,15H2,1-2H3. The van der Waals surface area contributed by atoms with E-state index >= 15 is 0 Å². The summed E-state index contributed by atoms with van der Waals surface area (Å²) in [6, 6.07) is 8.80. The Morgan fingerprint density at radius 2 is 2.00 bits per heavy atom. The molecule has 0 spiro atoms. The van der Waals surface area contributed by atoms with Crippen LogP contribution in [0, 0.1) is 0 Å². The lowest BCUT2D eigenvalue weighted by atomic mass is 10.0. The highest BCUT2D eigenvalue weighted by Gasteiger charge is 2.00. The van der Waals surface area contributed by atoms with Gasteiger partial charge in [-0.1, -0.05) is 26.0 Å². The Morgan fingerprint density at radius 3 is 2.56 bits per heavy atom. The lowest BCUT2D eigenvalue weighted by Gasteiger charge is -2.06. The van der Waals surface area contributed by atoms with Gasteiger partial charge in [0.1, 0.15) is 0 Å². The first-order chi connectivity index (χ1) is 8.65. The molecule has 2 aromatic rings. The van der Waals surface area contributed by atoms with Gasteiger partial charge in [0.15, 0.2) is 0 Å². The normalized spacial score (nSPS) is 11.1. The van der Waals surface area contributed by atoms with E-state index in [1.54, 1.807) is 6.20 Å². The van der Waals surface area contributed by atoms with Crippen LogP contribution in [0.15, 0.2) is 41.6 Å². The molecule has 0 aliphatic heterocycles. The van der Waals surface area contributed by atoms with Crippen molar-refractivity contribution in [1.29, 1.82) is 0 Å². The molecular formula is C14H19N3S.